The number of hydrogen-bond acceptors (Lipinski definition) is 3. The van der Waals surface area contributed by atoms with E-state index in [4.69, 9.17) is 11.1 Å². The highest BCUT2D eigenvalue weighted by Gasteiger charge is 2.18. The van der Waals surface area contributed by atoms with Crippen molar-refractivity contribution in [1.29, 1.82) is 5.41 Å². The number of hydrogen-bond donors (Lipinski definition) is 4. The maximum Gasteiger partial charge on any atom is 0.272 e. The van der Waals surface area contributed by atoms with E-state index in [1.165, 1.54) is 0 Å². The van der Waals surface area contributed by atoms with E-state index in [0.717, 1.165) is 38.6 Å². The standard InChI is InChI=1S/C30H24N6O/c31-28(32)21-12-11-20-16-27(30(37)35-24-9-4-7-22(15-24)29-33-13-14-34-29)36(26(20)17-21)18-23-8-3-6-19-5-1-2-10-25(19)23/h1-17H,18H2,(H3,31,32)(H,33,34)(H,35,37). The summed E-state index contributed by atoms with van der Waals surface area (Å²) in [7, 11) is 0. The number of benzene rings is 4. The van der Waals surface area contributed by atoms with Gasteiger partial charge in [-0.1, -0.05) is 66.7 Å². The maximum absolute atomic E-state index is 13.7. The fourth-order valence-corrected chi connectivity index (χ4v) is 4.74. The Balaban J connectivity index is 1.43. The third-order valence-electron chi connectivity index (χ3n) is 6.55. The van der Waals surface area contributed by atoms with E-state index in [2.05, 4.69) is 39.6 Å². The van der Waals surface area contributed by atoms with Crippen LogP contribution in [0.5, 0.6) is 0 Å². The SMILES string of the molecule is N=C(N)c1ccc2cc(C(=O)Nc3cccc(-c4ncc[nH]4)c3)n(Cc3cccc4ccccc34)c2c1. The molecule has 5 N–H and O–H groups in total. The number of aromatic amines is 1. The van der Waals surface area contributed by atoms with Crippen molar-refractivity contribution in [3.05, 3.63) is 120 Å². The summed E-state index contributed by atoms with van der Waals surface area (Å²) in [6.07, 6.45) is 3.46. The molecule has 0 bridgehead atoms. The molecule has 180 valence electrons. The number of anilines is 1. The van der Waals surface area contributed by atoms with Gasteiger partial charge in [0.25, 0.3) is 5.91 Å². The van der Waals surface area contributed by atoms with Crippen LogP contribution in [0.4, 0.5) is 5.69 Å². The topological polar surface area (TPSA) is 113 Å². The van der Waals surface area contributed by atoms with E-state index < -0.39 is 0 Å². The average molecular weight is 485 g/mol. The molecule has 37 heavy (non-hydrogen) atoms. The van der Waals surface area contributed by atoms with Gasteiger partial charge in [0.15, 0.2) is 0 Å². The summed E-state index contributed by atoms with van der Waals surface area (Å²) < 4.78 is 2.00. The van der Waals surface area contributed by atoms with Crippen LogP contribution in [0.2, 0.25) is 0 Å². The molecule has 0 saturated carbocycles. The summed E-state index contributed by atoms with van der Waals surface area (Å²) in [6.45, 7) is 0.487. The zero-order valence-corrected chi connectivity index (χ0v) is 19.9. The summed E-state index contributed by atoms with van der Waals surface area (Å²) in [5.41, 5.74) is 10.4. The van der Waals surface area contributed by atoms with Gasteiger partial charge in [-0.05, 0) is 40.6 Å². The molecular weight excluding hydrogens is 460 g/mol. The number of carbonyl (C=O) groups excluding carboxylic acids is 1. The minimum Gasteiger partial charge on any atom is -0.384 e. The van der Waals surface area contributed by atoms with E-state index in [0.29, 0.717) is 23.5 Å². The molecule has 0 aliphatic heterocycles. The second kappa shape index (κ2) is 9.13. The Kier molecular flexibility index (Phi) is 5.50. The number of nitrogens with one attached hydrogen (secondary N) is 3. The Hall–Kier alpha value is -5.17. The quantitative estimate of drug-likeness (QED) is 0.178. The predicted molar refractivity (Wildman–Crippen MR) is 148 cm³/mol. The summed E-state index contributed by atoms with van der Waals surface area (Å²) in [5.74, 6) is 0.496. The first kappa shape index (κ1) is 22.3. The average Bonchev–Trinajstić information content (AvgIpc) is 3.58. The molecule has 1 amide bonds. The molecule has 6 rings (SSSR count). The number of rotatable bonds is 6. The van der Waals surface area contributed by atoms with Crippen LogP contribution < -0.4 is 11.1 Å². The second-order valence-corrected chi connectivity index (χ2v) is 8.91. The highest BCUT2D eigenvalue weighted by molar-refractivity contribution is 6.07. The highest BCUT2D eigenvalue weighted by Crippen LogP contribution is 2.27. The molecule has 0 saturated heterocycles. The van der Waals surface area contributed by atoms with Gasteiger partial charge in [-0.3, -0.25) is 10.2 Å². The van der Waals surface area contributed by atoms with Crippen molar-refractivity contribution in [1.82, 2.24) is 14.5 Å². The summed E-state index contributed by atoms with van der Waals surface area (Å²) >= 11 is 0. The normalized spacial score (nSPS) is 11.1. The lowest BCUT2D eigenvalue weighted by atomic mass is 10.0. The molecule has 6 aromatic rings. The van der Waals surface area contributed by atoms with Gasteiger partial charge in [-0.2, -0.15) is 0 Å². The number of amides is 1. The van der Waals surface area contributed by atoms with Crippen molar-refractivity contribution in [2.75, 3.05) is 5.32 Å². The minimum absolute atomic E-state index is 0.0134. The number of fused-ring (bicyclic) bond motifs is 2. The summed E-state index contributed by atoms with van der Waals surface area (Å²) in [4.78, 5) is 21.0. The third kappa shape index (κ3) is 4.23. The number of nitrogens with zero attached hydrogens (tertiary/aromatic N) is 2. The zero-order valence-electron chi connectivity index (χ0n) is 19.9. The number of nitrogen functional groups attached to an aromatic ring is 1. The molecule has 0 aliphatic rings. The number of aromatic nitrogens is 3. The van der Waals surface area contributed by atoms with Gasteiger partial charge in [0.05, 0.1) is 0 Å². The summed E-state index contributed by atoms with van der Waals surface area (Å²) in [6, 6.07) is 29.5. The largest absolute Gasteiger partial charge is 0.384 e. The van der Waals surface area contributed by atoms with Crippen LogP contribution in [0.3, 0.4) is 0 Å². The predicted octanol–water partition coefficient (Wildman–Crippen LogP) is 5.77. The molecule has 7 heteroatoms. The summed E-state index contributed by atoms with van der Waals surface area (Å²) in [5, 5.41) is 14.1. The molecular formula is C30H24N6O. The molecule has 0 radical (unpaired) electrons. The van der Waals surface area contributed by atoms with Crippen molar-refractivity contribution in [2.45, 2.75) is 6.54 Å². The van der Waals surface area contributed by atoms with Crippen molar-refractivity contribution in [3.8, 4) is 11.4 Å². The van der Waals surface area contributed by atoms with Gasteiger partial charge >= 0.3 is 0 Å². The lowest BCUT2D eigenvalue weighted by Crippen LogP contribution is -2.18. The van der Waals surface area contributed by atoms with Gasteiger partial charge < -0.3 is 20.6 Å². The first-order valence-electron chi connectivity index (χ1n) is 11.9. The van der Waals surface area contributed by atoms with Gasteiger partial charge in [-0.25, -0.2) is 4.98 Å². The molecule has 0 aliphatic carbocycles. The highest BCUT2D eigenvalue weighted by atomic mass is 16.1. The molecule has 0 spiro atoms. The van der Waals surface area contributed by atoms with Crippen LogP contribution in [0.15, 0.2) is 103 Å². The van der Waals surface area contributed by atoms with Gasteiger partial charge in [0, 0.05) is 46.7 Å². The van der Waals surface area contributed by atoms with Crippen LogP contribution >= 0.6 is 0 Å². The number of nitrogens with two attached hydrogens (primary N) is 1. The van der Waals surface area contributed by atoms with E-state index in [1.807, 2.05) is 65.2 Å². The Morgan fingerprint density at radius 1 is 0.946 bits per heavy atom. The van der Waals surface area contributed by atoms with Crippen molar-refractivity contribution >= 4 is 39.1 Å². The Morgan fingerprint density at radius 3 is 2.62 bits per heavy atom. The second-order valence-electron chi connectivity index (χ2n) is 8.91. The van der Waals surface area contributed by atoms with Crippen LogP contribution in [-0.2, 0) is 6.54 Å². The number of carbonyl (C=O) groups is 1. The maximum atomic E-state index is 13.7. The minimum atomic E-state index is -0.225. The monoisotopic (exact) mass is 484 g/mol. The van der Waals surface area contributed by atoms with Crippen LogP contribution in [0.25, 0.3) is 33.1 Å². The van der Waals surface area contributed by atoms with Crippen molar-refractivity contribution in [3.63, 3.8) is 0 Å². The lowest BCUT2D eigenvalue weighted by Gasteiger charge is -2.14. The first-order valence-corrected chi connectivity index (χ1v) is 11.9. The zero-order chi connectivity index (χ0) is 25.4. The molecule has 7 nitrogen and oxygen atoms in total. The van der Waals surface area contributed by atoms with E-state index in [1.54, 1.807) is 18.5 Å². The lowest BCUT2D eigenvalue weighted by molar-refractivity contribution is 0.101. The molecule has 2 heterocycles. The third-order valence-corrected chi connectivity index (χ3v) is 6.55. The van der Waals surface area contributed by atoms with Crippen LogP contribution in [-0.4, -0.2) is 26.3 Å². The van der Waals surface area contributed by atoms with Crippen molar-refractivity contribution < 1.29 is 4.79 Å². The van der Waals surface area contributed by atoms with E-state index in [-0.39, 0.29) is 11.7 Å². The first-order chi connectivity index (χ1) is 18.1. The molecule has 0 fully saturated rings. The van der Waals surface area contributed by atoms with Crippen molar-refractivity contribution in [2.24, 2.45) is 5.73 Å². The van der Waals surface area contributed by atoms with E-state index in [9.17, 15) is 4.79 Å². The molecule has 2 aromatic heterocycles. The van der Waals surface area contributed by atoms with E-state index >= 15 is 0 Å². The Morgan fingerprint density at radius 2 is 1.78 bits per heavy atom. The van der Waals surface area contributed by atoms with Gasteiger partial charge in [-0.15, -0.1) is 0 Å². The Labute approximate surface area is 213 Å². The Bertz CT molecular complexity index is 1780. The molecule has 0 atom stereocenters. The van der Waals surface area contributed by atoms with Crippen LogP contribution in [0, 0.1) is 5.41 Å². The molecule has 4 aromatic carbocycles. The number of H-pyrrole nitrogens is 1. The molecule has 0 unspecified atom stereocenters. The smallest absolute Gasteiger partial charge is 0.272 e. The fourth-order valence-electron chi connectivity index (χ4n) is 4.74. The van der Waals surface area contributed by atoms with Crippen LogP contribution in [0.1, 0.15) is 21.6 Å². The number of amidine groups is 1. The van der Waals surface area contributed by atoms with Gasteiger partial charge in [0.1, 0.15) is 17.4 Å². The fraction of sp³-hybridized carbons (Fsp3) is 0.0333. The van der Waals surface area contributed by atoms with Gasteiger partial charge in [0.2, 0.25) is 0 Å². The number of imidazole rings is 1.